The third-order valence-corrected chi connectivity index (χ3v) is 3.03. The number of benzene rings is 1. The molecule has 0 saturated heterocycles. The molecule has 0 radical (unpaired) electrons. The minimum atomic E-state index is 0.547. The third-order valence-electron chi connectivity index (χ3n) is 3.03. The Kier molecular flexibility index (Phi) is 6.90. The highest BCUT2D eigenvalue weighted by atomic mass is 15.0. The average Bonchev–Trinajstić information content (AvgIpc) is 2.32. The van der Waals surface area contributed by atoms with Crippen LogP contribution in [0.3, 0.4) is 0 Å². The molecule has 0 amide bonds. The third kappa shape index (κ3) is 5.85. The van der Waals surface area contributed by atoms with Crippen LogP contribution in [-0.2, 0) is 6.42 Å². The molecule has 1 aromatic carbocycles. The highest BCUT2D eigenvalue weighted by Crippen LogP contribution is 2.06. The van der Waals surface area contributed by atoms with Crippen LogP contribution in [0.4, 0.5) is 0 Å². The van der Waals surface area contributed by atoms with Gasteiger partial charge in [-0.2, -0.15) is 0 Å². The molecule has 1 rings (SSSR count). The number of nitrogens with one attached hydrogen (secondary N) is 2. The molecular weight excluding hydrogens is 208 g/mol. The summed E-state index contributed by atoms with van der Waals surface area (Å²) in [6.07, 6.45) is 2.32. The molecule has 0 bridgehead atoms. The van der Waals surface area contributed by atoms with Gasteiger partial charge in [0.1, 0.15) is 0 Å². The lowest BCUT2D eigenvalue weighted by Crippen LogP contribution is -2.37. The van der Waals surface area contributed by atoms with Gasteiger partial charge in [-0.15, -0.1) is 0 Å². The minimum absolute atomic E-state index is 0.547. The summed E-state index contributed by atoms with van der Waals surface area (Å²) in [7, 11) is 0. The topological polar surface area (TPSA) is 24.1 Å². The molecule has 0 heterocycles. The summed E-state index contributed by atoms with van der Waals surface area (Å²) < 4.78 is 0. The molecule has 2 N–H and O–H groups in total. The van der Waals surface area contributed by atoms with Crippen molar-refractivity contribution in [3.8, 4) is 0 Å². The van der Waals surface area contributed by atoms with Gasteiger partial charge in [-0.3, -0.25) is 0 Å². The molecule has 96 valence electrons. The Morgan fingerprint density at radius 2 is 1.94 bits per heavy atom. The van der Waals surface area contributed by atoms with E-state index >= 15 is 0 Å². The molecule has 17 heavy (non-hydrogen) atoms. The van der Waals surface area contributed by atoms with E-state index in [2.05, 4.69) is 55.7 Å². The lowest BCUT2D eigenvalue weighted by Gasteiger charge is -2.15. The lowest BCUT2D eigenvalue weighted by atomic mass is 10.1. The van der Waals surface area contributed by atoms with Gasteiger partial charge in [-0.1, -0.05) is 31.2 Å². The van der Waals surface area contributed by atoms with E-state index in [-0.39, 0.29) is 0 Å². The smallest absolute Gasteiger partial charge is 0.0164 e. The molecule has 0 aromatic heterocycles. The van der Waals surface area contributed by atoms with Crippen molar-refractivity contribution < 1.29 is 0 Å². The zero-order chi connectivity index (χ0) is 12.5. The average molecular weight is 234 g/mol. The van der Waals surface area contributed by atoms with Gasteiger partial charge in [0.05, 0.1) is 0 Å². The van der Waals surface area contributed by atoms with E-state index in [4.69, 9.17) is 0 Å². The number of hydrogen-bond donors (Lipinski definition) is 2. The van der Waals surface area contributed by atoms with Crippen molar-refractivity contribution in [2.75, 3.05) is 19.6 Å². The molecule has 1 unspecified atom stereocenters. The fourth-order valence-electron chi connectivity index (χ4n) is 1.91. The highest BCUT2D eigenvalue weighted by molar-refractivity contribution is 5.25. The SMILES string of the molecule is CCCNCC(C)NCCc1ccccc1C. The van der Waals surface area contributed by atoms with Gasteiger partial charge in [0, 0.05) is 12.6 Å². The van der Waals surface area contributed by atoms with Crippen LogP contribution >= 0.6 is 0 Å². The fraction of sp³-hybridized carbons (Fsp3) is 0.600. The second-order valence-electron chi connectivity index (χ2n) is 4.74. The molecule has 2 heteroatoms. The van der Waals surface area contributed by atoms with E-state index in [1.807, 2.05) is 0 Å². The maximum Gasteiger partial charge on any atom is 0.0164 e. The Balaban J connectivity index is 2.17. The first-order valence-corrected chi connectivity index (χ1v) is 6.72. The van der Waals surface area contributed by atoms with E-state index < -0.39 is 0 Å². The van der Waals surface area contributed by atoms with E-state index in [0.717, 1.165) is 26.1 Å². The number of rotatable bonds is 8. The molecular formula is C15H26N2. The summed E-state index contributed by atoms with van der Waals surface area (Å²) in [5, 5.41) is 6.99. The summed E-state index contributed by atoms with van der Waals surface area (Å²) in [6.45, 7) is 9.84. The van der Waals surface area contributed by atoms with E-state index in [1.165, 1.54) is 17.5 Å². The van der Waals surface area contributed by atoms with Gasteiger partial charge in [0.15, 0.2) is 0 Å². The molecule has 0 aliphatic rings. The van der Waals surface area contributed by atoms with Crippen LogP contribution in [0.1, 0.15) is 31.4 Å². The standard InChI is InChI=1S/C15H26N2/c1-4-10-16-12-14(3)17-11-9-15-8-6-5-7-13(15)2/h5-8,14,16-17H,4,9-12H2,1-3H3. The maximum absolute atomic E-state index is 3.55. The van der Waals surface area contributed by atoms with Gasteiger partial charge < -0.3 is 10.6 Å². The first kappa shape index (κ1) is 14.2. The second-order valence-corrected chi connectivity index (χ2v) is 4.74. The van der Waals surface area contributed by atoms with Crippen LogP contribution in [0.5, 0.6) is 0 Å². The minimum Gasteiger partial charge on any atom is -0.315 e. The zero-order valence-electron chi connectivity index (χ0n) is 11.4. The first-order chi connectivity index (χ1) is 8.24. The van der Waals surface area contributed by atoms with E-state index in [0.29, 0.717) is 6.04 Å². The van der Waals surface area contributed by atoms with Crippen molar-refractivity contribution in [2.45, 2.75) is 39.7 Å². The molecule has 0 aliphatic heterocycles. The summed E-state index contributed by atoms with van der Waals surface area (Å²) in [6, 6.07) is 9.17. The molecule has 2 nitrogen and oxygen atoms in total. The zero-order valence-corrected chi connectivity index (χ0v) is 11.4. The van der Waals surface area contributed by atoms with Gasteiger partial charge in [-0.05, 0) is 50.9 Å². The van der Waals surface area contributed by atoms with Gasteiger partial charge in [0.2, 0.25) is 0 Å². The van der Waals surface area contributed by atoms with Gasteiger partial charge >= 0.3 is 0 Å². The Labute approximate surface area is 106 Å². The monoisotopic (exact) mass is 234 g/mol. The molecule has 0 spiro atoms. The summed E-state index contributed by atoms with van der Waals surface area (Å²) >= 11 is 0. The lowest BCUT2D eigenvalue weighted by molar-refractivity contribution is 0.504. The van der Waals surface area contributed by atoms with Crippen molar-refractivity contribution in [1.82, 2.24) is 10.6 Å². The van der Waals surface area contributed by atoms with Crippen molar-refractivity contribution >= 4 is 0 Å². The van der Waals surface area contributed by atoms with Crippen LogP contribution in [0.15, 0.2) is 24.3 Å². The summed E-state index contributed by atoms with van der Waals surface area (Å²) in [5.41, 5.74) is 2.85. The van der Waals surface area contributed by atoms with Crippen LogP contribution in [0, 0.1) is 6.92 Å². The Morgan fingerprint density at radius 1 is 1.18 bits per heavy atom. The van der Waals surface area contributed by atoms with Gasteiger partial charge in [0.25, 0.3) is 0 Å². The highest BCUT2D eigenvalue weighted by Gasteiger charge is 2.01. The van der Waals surface area contributed by atoms with E-state index in [9.17, 15) is 0 Å². The van der Waals surface area contributed by atoms with Crippen molar-refractivity contribution in [1.29, 1.82) is 0 Å². The van der Waals surface area contributed by atoms with Crippen LogP contribution in [-0.4, -0.2) is 25.7 Å². The molecule has 1 aromatic rings. The van der Waals surface area contributed by atoms with Crippen LogP contribution in [0.25, 0.3) is 0 Å². The number of aryl methyl sites for hydroxylation is 1. The Bertz CT molecular complexity index is 310. The predicted molar refractivity (Wildman–Crippen MR) is 75.5 cm³/mol. The largest absolute Gasteiger partial charge is 0.315 e. The summed E-state index contributed by atoms with van der Waals surface area (Å²) in [4.78, 5) is 0. The fourth-order valence-corrected chi connectivity index (χ4v) is 1.91. The second kappa shape index (κ2) is 8.26. The maximum atomic E-state index is 3.55. The Hall–Kier alpha value is -0.860. The van der Waals surface area contributed by atoms with Crippen molar-refractivity contribution in [3.05, 3.63) is 35.4 Å². The van der Waals surface area contributed by atoms with Gasteiger partial charge in [-0.25, -0.2) is 0 Å². The van der Waals surface area contributed by atoms with Crippen LogP contribution in [0.2, 0.25) is 0 Å². The molecule has 0 fully saturated rings. The van der Waals surface area contributed by atoms with Crippen molar-refractivity contribution in [2.24, 2.45) is 0 Å². The molecule has 0 saturated carbocycles. The molecule has 0 aliphatic carbocycles. The summed E-state index contributed by atoms with van der Waals surface area (Å²) in [5.74, 6) is 0. The van der Waals surface area contributed by atoms with Crippen molar-refractivity contribution in [3.63, 3.8) is 0 Å². The van der Waals surface area contributed by atoms with Crippen LogP contribution < -0.4 is 10.6 Å². The quantitative estimate of drug-likeness (QED) is 0.675. The number of hydrogen-bond acceptors (Lipinski definition) is 2. The van der Waals surface area contributed by atoms with E-state index in [1.54, 1.807) is 0 Å². The normalized spacial score (nSPS) is 12.6. The predicted octanol–water partition coefficient (Wildman–Crippen LogP) is 2.52. The molecule has 1 atom stereocenters. The Morgan fingerprint density at radius 3 is 2.65 bits per heavy atom. The first-order valence-electron chi connectivity index (χ1n) is 6.72.